The lowest BCUT2D eigenvalue weighted by atomic mass is 10.1. The summed E-state index contributed by atoms with van der Waals surface area (Å²) in [5.41, 5.74) is 5.04. The normalized spacial score (nSPS) is 17.5. The van der Waals surface area contributed by atoms with E-state index < -0.39 is 10.0 Å². The van der Waals surface area contributed by atoms with E-state index in [1.807, 2.05) is 51.1 Å². The number of aryl methyl sites for hydroxylation is 4. The zero-order valence-corrected chi connectivity index (χ0v) is 14.0. The van der Waals surface area contributed by atoms with Crippen LogP contribution >= 0.6 is 0 Å². The maximum Gasteiger partial charge on any atom is 0.241 e. The predicted octanol–water partition coefficient (Wildman–Crippen LogP) is 3.58. The van der Waals surface area contributed by atoms with Crippen LogP contribution in [0.3, 0.4) is 0 Å². The Morgan fingerprint density at radius 3 is 2.36 bits per heavy atom. The monoisotopic (exact) mass is 315 g/mol. The number of rotatable bonds is 3. The highest BCUT2D eigenvalue weighted by Gasteiger charge is 2.28. The van der Waals surface area contributed by atoms with Crippen LogP contribution in [0.4, 0.5) is 0 Å². The Hall–Kier alpha value is -1.65. The Labute approximate surface area is 132 Å². The van der Waals surface area contributed by atoms with E-state index in [2.05, 4.69) is 10.8 Å². The Morgan fingerprint density at radius 2 is 1.68 bits per heavy atom. The number of hydrogen-bond donors (Lipinski definition) is 1. The first-order valence-corrected chi connectivity index (χ1v) is 9.05. The fourth-order valence-electron chi connectivity index (χ4n) is 3.52. The Morgan fingerprint density at radius 1 is 1.05 bits per heavy atom. The fraction of sp³-hybridized carbons (Fsp3) is 0.333. The minimum absolute atomic E-state index is 0.124. The zero-order chi connectivity index (χ0) is 15.9. The molecule has 0 amide bonds. The van der Waals surface area contributed by atoms with Gasteiger partial charge in [-0.3, -0.25) is 0 Å². The molecular weight excluding hydrogens is 294 g/mol. The van der Waals surface area contributed by atoms with Crippen LogP contribution in [0.5, 0.6) is 0 Å². The molecule has 0 heterocycles. The van der Waals surface area contributed by atoms with Gasteiger partial charge in [-0.1, -0.05) is 42.0 Å². The molecule has 4 heteroatoms. The molecule has 2 aromatic carbocycles. The number of hydrogen-bond acceptors (Lipinski definition) is 2. The van der Waals surface area contributed by atoms with E-state index in [1.165, 1.54) is 5.56 Å². The van der Waals surface area contributed by atoms with Gasteiger partial charge in [0.2, 0.25) is 10.0 Å². The second-order valence-electron chi connectivity index (χ2n) is 6.14. The van der Waals surface area contributed by atoms with Crippen LogP contribution in [0.25, 0.3) is 0 Å². The first-order chi connectivity index (χ1) is 10.4. The number of sulfonamides is 1. The van der Waals surface area contributed by atoms with E-state index in [0.29, 0.717) is 4.90 Å². The van der Waals surface area contributed by atoms with Crippen molar-refractivity contribution in [2.75, 3.05) is 0 Å². The molecule has 0 saturated carbocycles. The highest BCUT2D eigenvalue weighted by atomic mass is 32.2. The van der Waals surface area contributed by atoms with E-state index >= 15 is 0 Å². The highest BCUT2D eigenvalue weighted by Crippen LogP contribution is 2.33. The Kier molecular flexibility index (Phi) is 3.83. The molecule has 3 rings (SSSR count). The molecule has 0 aromatic heterocycles. The van der Waals surface area contributed by atoms with Gasteiger partial charge < -0.3 is 0 Å². The molecule has 22 heavy (non-hydrogen) atoms. The second-order valence-corrected chi connectivity index (χ2v) is 7.79. The number of benzene rings is 2. The van der Waals surface area contributed by atoms with Crippen molar-refractivity contribution in [1.82, 2.24) is 4.72 Å². The van der Waals surface area contributed by atoms with Gasteiger partial charge in [-0.05, 0) is 55.9 Å². The third-order valence-electron chi connectivity index (χ3n) is 4.30. The average Bonchev–Trinajstić information content (AvgIpc) is 2.80. The summed E-state index contributed by atoms with van der Waals surface area (Å²) in [5.74, 6) is 0. The number of nitrogens with one attached hydrogen (secondary N) is 1. The summed E-state index contributed by atoms with van der Waals surface area (Å²) in [6.07, 6.45) is 1.75. The van der Waals surface area contributed by atoms with Gasteiger partial charge in [0.1, 0.15) is 0 Å². The summed E-state index contributed by atoms with van der Waals surface area (Å²) in [4.78, 5) is 0.419. The number of fused-ring (bicyclic) bond motifs is 1. The Bertz CT molecular complexity index is 802. The van der Waals surface area contributed by atoms with Gasteiger partial charge in [-0.25, -0.2) is 13.1 Å². The summed E-state index contributed by atoms with van der Waals surface area (Å²) >= 11 is 0. The standard InChI is InChI=1S/C18H21NO2S/c1-12-10-13(2)18(14(3)11-12)22(20,21)19-17-9-8-15-6-4-5-7-16(15)17/h4-7,10-11,17,19H,8-9H2,1-3H3/t17-/m1/s1. The van der Waals surface area contributed by atoms with E-state index in [-0.39, 0.29) is 6.04 Å². The van der Waals surface area contributed by atoms with Crippen molar-refractivity contribution in [2.45, 2.75) is 44.6 Å². The summed E-state index contributed by atoms with van der Waals surface area (Å²) in [6.45, 7) is 5.70. The second kappa shape index (κ2) is 5.52. The van der Waals surface area contributed by atoms with E-state index in [0.717, 1.165) is 35.1 Å². The molecule has 0 bridgehead atoms. The van der Waals surface area contributed by atoms with Crippen LogP contribution in [0.15, 0.2) is 41.3 Å². The van der Waals surface area contributed by atoms with E-state index in [9.17, 15) is 8.42 Å². The molecule has 1 aliphatic carbocycles. The molecule has 0 fully saturated rings. The first kappa shape index (κ1) is 15.3. The molecule has 0 saturated heterocycles. The summed E-state index contributed by atoms with van der Waals surface area (Å²) in [5, 5.41) is 0. The third-order valence-corrected chi connectivity index (χ3v) is 6.08. The molecule has 0 spiro atoms. The van der Waals surface area contributed by atoms with Gasteiger partial charge in [0.05, 0.1) is 4.90 Å². The van der Waals surface area contributed by atoms with Crippen molar-refractivity contribution < 1.29 is 8.42 Å². The SMILES string of the molecule is Cc1cc(C)c(S(=O)(=O)N[C@@H]2CCc3ccccc32)c(C)c1. The highest BCUT2D eigenvalue weighted by molar-refractivity contribution is 7.89. The molecule has 116 valence electrons. The largest absolute Gasteiger partial charge is 0.241 e. The predicted molar refractivity (Wildman–Crippen MR) is 88.5 cm³/mol. The van der Waals surface area contributed by atoms with Gasteiger partial charge in [-0.2, -0.15) is 0 Å². The molecule has 0 radical (unpaired) electrons. The maximum atomic E-state index is 12.8. The molecule has 0 aliphatic heterocycles. The van der Waals surface area contributed by atoms with Crippen molar-refractivity contribution in [3.63, 3.8) is 0 Å². The van der Waals surface area contributed by atoms with Gasteiger partial charge in [0.25, 0.3) is 0 Å². The molecular formula is C18H21NO2S. The van der Waals surface area contributed by atoms with Crippen LogP contribution in [0, 0.1) is 20.8 Å². The van der Waals surface area contributed by atoms with Crippen molar-refractivity contribution in [3.8, 4) is 0 Å². The van der Waals surface area contributed by atoms with Crippen LogP contribution in [-0.4, -0.2) is 8.42 Å². The quantitative estimate of drug-likeness (QED) is 0.941. The lowest BCUT2D eigenvalue weighted by Gasteiger charge is -2.17. The third kappa shape index (κ3) is 2.69. The van der Waals surface area contributed by atoms with E-state index in [4.69, 9.17) is 0 Å². The minimum Gasteiger partial charge on any atom is -0.207 e. The summed E-state index contributed by atoms with van der Waals surface area (Å²) in [7, 11) is -3.51. The van der Waals surface area contributed by atoms with Crippen molar-refractivity contribution >= 4 is 10.0 Å². The molecule has 2 aromatic rings. The molecule has 1 atom stereocenters. The minimum atomic E-state index is -3.51. The van der Waals surface area contributed by atoms with Crippen LogP contribution < -0.4 is 4.72 Å². The van der Waals surface area contributed by atoms with Gasteiger partial charge >= 0.3 is 0 Å². The summed E-state index contributed by atoms with van der Waals surface area (Å²) in [6, 6.07) is 11.8. The van der Waals surface area contributed by atoms with E-state index in [1.54, 1.807) is 0 Å². The fourth-order valence-corrected chi connectivity index (χ4v) is 5.22. The van der Waals surface area contributed by atoms with Crippen molar-refractivity contribution in [2.24, 2.45) is 0 Å². The topological polar surface area (TPSA) is 46.2 Å². The lowest BCUT2D eigenvalue weighted by molar-refractivity contribution is 0.553. The molecule has 0 unspecified atom stereocenters. The van der Waals surface area contributed by atoms with Crippen LogP contribution in [-0.2, 0) is 16.4 Å². The molecule has 1 aliphatic rings. The summed E-state index contributed by atoms with van der Waals surface area (Å²) < 4.78 is 28.6. The molecule has 3 nitrogen and oxygen atoms in total. The average molecular weight is 315 g/mol. The van der Waals surface area contributed by atoms with Crippen molar-refractivity contribution in [1.29, 1.82) is 0 Å². The molecule has 1 N–H and O–H groups in total. The van der Waals surface area contributed by atoms with Gasteiger partial charge in [0, 0.05) is 6.04 Å². The smallest absolute Gasteiger partial charge is 0.207 e. The van der Waals surface area contributed by atoms with Gasteiger partial charge in [0.15, 0.2) is 0 Å². The Balaban J connectivity index is 1.96. The van der Waals surface area contributed by atoms with Crippen molar-refractivity contribution in [3.05, 3.63) is 64.2 Å². The maximum absolute atomic E-state index is 12.8. The zero-order valence-electron chi connectivity index (χ0n) is 13.2. The van der Waals surface area contributed by atoms with Crippen LogP contribution in [0.2, 0.25) is 0 Å². The van der Waals surface area contributed by atoms with Crippen LogP contribution in [0.1, 0.15) is 40.3 Å². The lowest BCUT2D eigenvalue weighted by Crippen LogP contribution is -2.28. The van der Waals surface area contributed by atoms with Gasteiger partial charge in [-0.15, -0.1) is 0 Å². The first-order valence-electron chi connectivity index (χ1n) is 7.56.